The standard InChI is InChI=1S/C19H14F3N/c1-13-5-4-12-23-18(13)17-7-3-2-6-16(17)14-8-10-15(11-9-14)19(20,21)22/h2-12H,1H3. The molecule has 23 heavy (non-hydrogen) atoms. The van der Waals surface area contributed by atoms with Gasteiger partial charge in [-0.1, -0.05) is 42.5 Å². The van der Waals surface area contributed by atoms with Crippen LogP contribution in [0.15, 0.2) is 66.9 Å². The summed E-state index contributed by atoms with van der Waals surface area (Å²) in [6.45, 7) is 1.96. The van der Waals surface area contributed by atoms with Gasteiger partial charge in [0.05, 0.1) is 11.3 Å². The van der Waals surface area contributed by atoms with Gasteiger partial charge in [-0.05, 0) is 41.8 Å². The first-order valence-electron chi connectivity index (χ1n) is 7.15. The molecule has 0 saturated heterocycles. The molecule has 0 N–H and O–H groups in total. The minimum atomic E-state index is -4.32. The fraction of sp³-hybridized carbons (Fsp3) is 0.105. The Morgan fingerprint density at radius 2 is 1.43 bits per heavy atom. The number of rotatable bonds is 2. The maximum absolute atomic E-state index is 12.7. The maximum atomic E-state index is 12.7. The first-order chi connectivity index (χ1) is 11.0. The molecule has 0 aliphatic heterocycles. The van der Waals surface area contributed by atoms with E-state index in [0.29, 0.717) is 0 Å². The molecule has 0 saturated carbocycles. The van der Waals surface area contributed by atoms with Gasteiger partial charge in [-0.25, -0.2) is 0 Å². The summed E-state index contributed by atoms with van der Waals surface area (Å²) in [7, 11) is 0. The van der Waals surface area contributed by atoms with Gasteiger partial charge in [0, 0.05) is 11.8 Å². The lowest BCUT2D eigenvalue weighted by Gasteiger charge is -2.12. The average molecular weight is 313 g/mol. The van der Waals surface area contributed by atoms with Gasteiger partial charge in [0.15, 0.2) is 0 Å². The first-order valence-corrected chi connectivity index (χ1v) is 7.15. The summed E-state index contributed by atoms with van der Waals surface area (Å²) in [6, 6.07) is 16.6. The highest BCUT2D eigenvalue weighted by Crippen LogP contribution is 2.35. The summed E-state index contributed by atoms with van der Waals surface area (Å²) >= 11 is 0. The Morgan fingerprint density at radius 1 is 0.783 bits per heavy atom. The fourth-order valence-electron chi connectivity index (χ4n) is 2.55. The molecule has 3 aromatic rings. The molecule has 3 rings (SSSR count). The maximum Gasteiger partial charge on any atom is 0.416 e. The van der Waals surface area contributed by atoms with Crippen LogP contribution in [0.4, 0.5) is 13.2 Å². The average Bonchev–Trinajstić information content (AvgIpc) is 2.55. The van der Waals surface area contributed by atoms with Gasteiger partial charge in [0.25, 0.3) is 0 Å². The van der Waals surface area contributed by atoms with Crippen LogP contribution in [0.5, 0.6) is 0 Å². The Morgan fingerprint density at radius 3 is 2.04 bits per heavy atom. The minimum absolute atomic E-state index is 0.646. The van der Waals surface area contributed by atoms with Crippen molar-refractivity contribution in [2.75, 3.05) is 0 Å². The Labute approximate surface area is 132 Å². The van der Waals surface area contributed by atoms with Crippen molar-refractivity contribution in [3.63, 3.8) is 0 Å². The van der Waals surface area contributed by atoms with E-state index in [1.165, 1.54) is 12.1 Å². The summed E-state index contributed by atoms with van der Waals surface area (Å²) in [6.07, 6.45) is -2.61. The van der Waals surface area contributed by atoms with Crippen molar-refractivity contribution < 1.29 is 13.2 Å². The van der Waals surface area contributed by atoms with Crippen LogP contribution in [0.25, 0.3) is 22.4 Å². The molecule has 2 aromatic carbocycles. The summed E-state index contributed by atoms with van der Waals surface area (Å²) in [4.78, 5) is 4.41. The number of nitrogens with zero attached hydrogens (tertiary/aromatic N) is 1. The number of hydrogen-bond donors (Lipinski definition) is 0. The third-order valence-corrected chi connectivity index (χ3v) is 3.71. The summed E-state index contributed by atoms with van der Waals surface area (Å²) < 4.78 is 38.1. The van der Waals surface area contributed by atoms with Crippen LogP contribution in [-0.4, -0.2) is 4.98 Å². The molecule has 0 aliphatic carbocycles. The van der Waals surface area contributed by atoms with Gasteiger partial charge in [-0.2, -0.15) is 13.2 Å². The van der Waals surface area contributed by atoms with Gasteiger partial charge in [0.1, 0.15) is 0 Å². The molecule has 116 valence electrons. The van der Waals surface area contributed by atoms with Gasteiger partial charge >= 0.3 is 6.18 Å². The van der Waals surface area contributed by atoms with Crippen LogP contribution >= 0.6 is 0 Å². The molecule has 0 unspecified atom stereocenters. The number of hydrogen-bond acceptors (Lipinski definition) is 1. The normalized spacial score (nSPS) is 11.5. The fourth-order valence-corrected chi connectivity index (χ4v) is 2.55. The second-order valence-electron chi connectivity index (χ2n) is 5.29. The number of benzene rings is 2. The number of alkyl halides is 3. The Balaban J connectivity index is 2.10. The second kappa shape index (κ2) is 5.88. The van der Waals surface area contributed by atoms with Crippen molar-refractivity contribution in [3.05, 3.63) is 78.0 Å². The van der Waals surface area contributed by atoms with Crippen LogP contribution in [0.1, 0.15) is 11.1 Å². The van der Waals surface area contributed by atoms with E-state index < -0.39 is 11.7 Å². The zero-order chi connectivity index (χ0) is 16.4. The monoisotopic (exact) mass is 313 g/mol. The second-order valence-corrected chi connectivity index (χ2v) is 5.29. The van der Waals surface area contributed by atoms with E-state index in [9.17, 15) is 13.2 Å². The van der Waals surface area contributed by atoms with Crippen LogP contribution in [0, 0.1) is 6.92 Å². The molecule has 1 aromatic heterocycles. The highest BCUT2D eigenvalue weighted by Gasteiger charge is 2.30. The van der Waals surface area contributed by atoms with Crippen molar-refractivity contribution in [1.29, 1.82) is 0 Å². The molecular formula is C19H14F3N. The van der Waals surface area contributed by atoms with E-state index in [0.717, 1.165) is 40.1 Å². The van der Waals surface area contributed by atoms with Crippen LogP contribution in [0.3, 0.4) is 0 Å². The molecule has 0 fully saturated rings. The van der Waals surface area contributed by atoms with Gasteiger partial charge in [-0.3, -0.25) is 4.98 Å². The summed E-state index contributed by atoms with van der Waals surface area (Å²) in [5.41, 5.74) is 3.72. The summed E-state index contributed by atoms with van der Waals surface area (Å²) in [5, 5.41) is 0. The molecule has 0 spiro atoms. The minimum Gasteiger partial charge on any atom is -0.256 e. The number of aromatic nitrogens is 1. The number of aryl methyl sites for hydroxylation is 1. The van der Waals surface area contributed by atoms with Crippen molar-refractivity contribution in [2.45, 2.75) is 13.1 Å². The molecule has 0 bridgehead atoms. The lowest BCUT2D eigenvalue weighted by molar-refractivity contribution is -0.137. The largest absolute Gasteiger partial charge is 0.416 e. The van der Waals surface area contributed by atoms with E-state index in [2.05, 4.69) is 4.98 Å². The lowest BCUT2D eigenvalue weighted by Crippen LogP contribution is -2.04. The van der Waals surface area contributed by atoms with Gasteiger partial charge in [-0.15, -0.1) is 0 Å². The molecule has 0 amide bonds. The predicted molar refractivity (Wildman–Crippen MR) is 84.8 cm³/mol. The van der Waals surface area contributed by atoms with E-state index in [1.54, 1.807) is 6.20 Å². The van der Waals surface area contributed by atoms with Crippen molar-refractivity contribution in [3.8, 4) is 22.4 Å². The van der Waals surface area contributed by atoms with E-state index >= 15 is 0 Å². The van der Waals surface area contributed by atoms with Crippen LogP contribution < -0.4 is 0 Å². The van der Waals surface area contributed by atoms with Crippen molar-refractivity contribution >= 4 is 0 Å². The molecule has 1 heterocycles. The Hall–Kier alpha value is -2.62. The molecule has 0 aliphatic rings. The third-order valence-electron chi connectivity index (χ3n) is 3.71. The predicted octanol–water partition coefficient (Wildman–Crippen LogP) is 5.74. The van der Waals surface area contributed by atoms with Crippen molar-refractivity contribution in [1.82, 2.24) is 4.98 Å². The zero-order valence-electron chi connectivity index (χ0n) is 12.4. The topological polar surface area (TPSA) is 12.9 Å². The van der Waals surface area contributed by atoms with Gasteiger partial charge < -0.3 is 0 Å². The van der Waals surface area contributed by atoms with Gasteiger partial charge in [0.2, 0.25) is 0 Å². The quantitative estimate of drug-likeness (QED) is 0.587. The van der Waals surface area contributed by atoms with Crippen LogP contribution in [-0.2, 0) is 6.18 Å². The number of pyridine rings is 1. The molecule has 0 atom stereocenters. The number of halogens is 3. The zero-order valence-corrected chi connectivity index (χ0v) is 12.4. The molecule has 4 heteroatoms. The van der Waals surface area contributed by atoms with E-state index in [4.69, 9.17) is 0 Å². The molecule has 1 nitrogen and oxygen atoms in total. The molecule has 0 radical (unpaired) electrons. The van der Waals surface area contributed by atoms with E-state index in [-0.39, 0.29) is 0 Å². The Kier molecular flexibility index (Phi) is 3.90. The molecular weight excluding hydrogens is 299 g/mol. The smallest absolute Gasteiger partial charge is 0.256 e. The Bertz CT molecular complexity index is 821. The lowest BCUT2D eigenvalue weighted by atomic mass is 9.95. The SMILES string of the molecule is Cc1cccnc1-c1ccccc1-c1ccc(C(F)(F)F)cc1. The summed E-state index contributed by atoms with van der Waals surface area (Å²) in [5.74, 6) is 0. The third kappa shape index (κ3) is 3.11. The van der Waals surface area contributed by atoms with Crippen molar-refractivity contribution in [2.24, 2.45) is 0 Å². The van der Waals surface area contributed by atoms with E-state index in [1.807, 2.05) is 43.3 Å². The first kappa shape index (κ1) is 15.3. The van der Waals surface area contributed by atoms with Crippen LogP contribution in [0.2, 0.25) is 0 Å². The highest BCUT2D eigenvalue weighted by atomic mass is 19.4. The highest BCUT2D eigenvalue weighted by molar-refractivity contribution is 5.83.